The number of hydrogen-bond acceptors (Lipinski definition) is 0. The Labute approximate surface area is 150 Å². The summed E-state index contributed by atoms with van der Waals surface area (Å²) in [7, 11) is 0. The summed E-state index contributed by atoms with van der Waals surface area (Å²) in [4.78, 5) is 0. The number of hydrogen-bond donors (Lipinski definition) is 0. The van der Waals surface area contributed by atoms with E-state index in [2.05, 4.69) is 62.6 Å². The van der Waals surface area contributed by atoms with Crippen molar-refractivity contribution in [2.24, 2.45) is 11.8 Å². The molecule has 0 heterocycles. The molecular weight excluding hydrogens is 288 g/mol. The van der Waals surface area contributed by atoms with Crippen LogP contribution in [0, 0.1) is 11.8 Å². The highest BCUT2D eigenvalue weighted by atomic mass is 14.2. The van der Waals surface area contributed by atoms with Crippen LogP contribution in [0.25, 0.3) is 0 Å². The average Bonchev–Trinajstić information content (AvgIpc) is 2.95. The Morgan fingerprint density at radius 3 is 2.71 bits per heavy atom. The Morgan fingerprint density at radius 1 is 1.17 bits per heavy atom. The Balaban J connectivity index is 0.00000139. The van der Waals surface area contributed by atoms with Crippen molar-refractivity contribution >= 4 is 0 Å². The van der Waals surface area contributed by atoms with Gasteiger partial charge in [0, 0.05) is 5.92 Å². The second kappa shape index (κ2) is 11.9. The smallest absolute Gasteiger partial charge is 0.00583 e. The minimum absolute atomic E-state index is 0.537. The van der Waals surface area contributed by atoms with Gasteiger partial charge in [0.15, 0.2) is 0 Å². The molecule has 2 rings (SSSR count). The molecule has 0 radical (unpaired) electrons. The standard InChI is InChI=1S/C22H30.C2H6/c1-4-5-11-20-14-16-22-19(3)13-15-21(22)12-9-7-6-8-10-18(2)17-20;1-2/h4-5,7,9,13,15-16,20-21H,2-3,6,8,10-12,14,17H2,1H3;1-2H3/b5-4-,9-7-,22-16-;/t20?,21-;/m0./s1. The normalized spacial score (nSPS) is 28.7. The van der Waals surface area contributed by atoms with E-state index in [1.165, 1.54) is 36.0 Å². The van der Waals surface area contributed by atoms with Crippen LogP contribution in [-0.4, -0.2) is 0 Å². The SMILES string of the molecule is C=C1CCC/C=C\C[C@H]2C=CC(=C)/C2=C/CC(C/C=C\C)C1.CC. The van der Waals surface area contributed by atoms with Gasteiger partial charge in [0.25, 0.3) is 0 Å². The van der Waals surface area contributed by atoms with Gasteiger partial charge in [-0.15, -0.1) is 0 Å². The molecule has 0 fully saturated rings. The third kappa shape index (κ3) is 6.91. The van der Waals surface area contributed by atoms with Gasteiger partial charge >= 0.3 is 0 Å². The van der Waals surface area contributed by atoms with Crippen LogP contribution in [0.4, 0.5) is 0 Å². The summed E-state index contributed by atoms with van der Waals surface area (Å²) in [5.74, 6) is 1.22. The lowest BCUT2D eigenvalue weighted by Crippen LogP contribution is -2.02. The van der Waals surface area contributed by atoms with Gasteiger partial charge in [-0.2, -0.15) is 0 Å². The van der Waals surface area contributed by atoms with Crippen LogP contribution in [0.15, 0.2) is 72.4 Å². The van der Waals surface area contributed by atoms with Crippen molar-refractivity contribution in [3.05, 3.63) is 72.4 Å². The summed E-state index contributed by atoms with van der Waals surface area (Å²) >= 11 is 0. The maximum Gasteiger partial charge on any atom is 0.00583 e. The van der Waals surface area contributed by atoms with E-state index in [1.807, 2.05) is 13.8 Å². The molecule has 2 aliphatic rings. The summed E-state index contributed by atoms with van der Waals surface area (Å²) < 4.78 is 0. The van der Waals surface area contributed by atoms with E-state index in [9.17, 15) is 0 Å². The summed E-state index contributed by atoms with van der Waals surface area (Å²) in [6, 6.07) is 0. The highest BCUT2D eigenvalue weighted by molar-refractivity contribution is 5.47. The van der Waals surface area contributed by atoms with Crippen LogP contribution >= 0.6 is 0 Å². The van der Waals surface area contributed by atoms with E-state index in [4.69, 9.17) is 0 Å². The molecule has 0 nitrogen and oxygen atoms in total. The van der Waals surface area contributed by atoms with Crippen molar-refractivity contribution in [1.82, 2.24) is 0 Å². The number of allylic oxidation sites excluding steroid dienone is 10. The van der Waals surface area contributed by atoms with Gasteiger partial charge in [-0.05, 0) is 68.9 Å². The predicted molar refractivity (Wildman–Crippen MR) is 110 cm³/mol. The van der Waals surface area contributed by atoms with Gasteiger partial charge in [0.1, 0.15) is 0 Å². The quantitative estimate of drug-likeness (QED) is 0.456. The maximum absolute atomic E-state index is 4.31. The summed E-state index contributed by atoms with van der Waals surface area (Å²) in [5, 5.41) is 0. The largest absolute Gasteiger partial charge is 0.0999 e. The van der Waals surface area contributed by atoms with Crippen LogP contribution in [-0.2, 0) is 0 Å². The molecule has 1 unspecified atom stereocenters. The zero-order valence-corrected chi connectivity index (χ0v) is 16.1. The van der Waals surface area contributed by atoms with Crippen LogP contribution in [0.3, 0.4) is 0 Å². The van der Waals surface area contributed by atoms with Crippen LogP contribution < -0.4 is 0 Å². The first kappa shape index (κ1) is 20.5. The Hall–Kier alpha value is -1.56. The van der Waals surface area contributed by atoms with Crippen molar-refractivity contribution in [1.29, 1.82) is 0 Å². The third-order valence-corrected chi connectivity index (χ3v) is 4.71. The predicted octanol–water partition coefficient (Wildman–Crippen LogP) is 7.73. The minimum Gasteiger partial charge on any atom is -0.0999 e. The first-order valence-corrected chi connectivity index (χ1v) is 9.71. The molecule has 24 heavy (non-hydrogen) atoms. The second-order valence-corrected chi connectivity index (χ2v) is 6.61. The van der Waals surface area contributed by atoms with Gasteiger partial charge in [0.05, 0.1) is 0 Å². The Bertz CT molecular complexity index is 510. The zero-order valence-electron chi connectivity index (χ0n) is 16.1. The fourth-order valence-corrected chi connectivity index (χ4v) is 3.38. The van der Waals surface area contributed by atoms with Crippen LogP contribution in [0.1, 0.15) is 65.7 Å². The molecule has 0 saturated carbocycles. The summed E-state index contributed by atoms with van der Waals surface area (Å²) in [6.45, 7) is 14.6. The van der Waals surface area contributed by atoms with Crippen LogP contribution in [0.2, 0.25) is 0 Å². The van der Waals surface area contributed by atoms with E-state index >= 15 is 0 Å². The molecule has 0 saturated heterocycles. The number of rotatable bonds is 2. The van der Waals surface area contributed by atoms with Crippen molar-refractivity contribution in [3.63, 3.8) is 0 Å². The summed E-state index contributed by atoms with van der Waals surface area (Å²) in [5.41, 5.74) is 4.07. The average molecular weight is 325 g/mol. The maximum atomic E-state index is 4.31. The van der Waals surface area contributed by atoms with E-state index < -0.39 is 0 Å². The molecule has 132 valence electrons. The van der Waals surface area contributed by atoms with E-state index in [1.54, 1.807) is 0 Å². The molecule has 2 aliphatic carbocycles. The molecular formula is C24H36. The lowest BCUT2D eigenvalue weighted by Gasteiger charge is -2.17. The third-order valence-electron chi connectivity index (χ3n) is 4.71. The van der Waals surface area contributed by atoms with Gasteiger partial charge in [-0.25, -0.2) is 0 Å². The molecule has 0 aliphatic heterocycles. The molecule has 0 spiro atoms. The molecule has 0 aromatic heterocycles. The zero-order chi connectivity index (χ0) is 17.8. The fraction of sp³-hybridized carbons (Fsp3) is 0.500. The molecule has 0 aromatic carbocycles. The van der Waals surface area contributed by atoms with Gasteiger partial charge in [-0.1, -0.05) is 75.1 Å². The van der Waals surface area contributed by atoms with Gasteiger partial charge in [0.2, 0.25) is 0 Å². The highest BCUT2D eigenvalue weighted by Crippen LogP contribution is 2.33. The van der Waals surface area contributed by atoms with E-state index in [0.717, 1.165) is 25.7 Å². The molecule has 2 atom stereocenters. The van der Waals surface area contributed by atoms with Crippen molar-refractivity contribution in [2.45, 2.75) is 65.7 Å². The van der Waals surface area contributed by atoms with Crippen molar-refractivity contribution in [2.75, 3.05) is 0 Å². The first-order valence-electron chi connectivity index (χ1n) is 9.71. The lowest BCUT2D eigenvalue weighted by molar-refractivity contribution is 0.524. The van der Waals surface area contributed by atoms with Crippen molar-refractivity contribution < 1.29 is 0 Å². The van der Waals surface area contributed by atoms with Gasteiger partial charge in [-0.3, -0.25) is 0 Å². The second-order valence-electron chi connectivity index (χ2n) is 6.61. The van der Waals surface area contributed by atoms with E-state index in [0.29, 0.717) is 11.8 Å². The first-order chi connectivity index (χ1) is 11.7. The van der Waals surface area contributed by atoms with Gasteiger partial charge < -0.3 is 0 Å². The van der Waals surface area contributed by atoms with Crippen molar-refractivity contribution in [3.8, 4) is 0 Å². The Morgan fingerprint density at radius 2 is 1.96 bits per heavy atom. The highest BCUT2D eigenvalue weighted by Gasteiger charge is 2.18. The van der Waals surface area contributed by atoms with Crippen LogP contribution in [0.5, 0.6) is 0 Å². The minimum atomic E-state index is 0.537. The summed E-state index contributed by atoms with van der Waals surface area (Å²) in [6.07, 6.45) is 24.3. The lowest BCUT2D eigenvalue weighted by atomic mass is 9.89. The Kier molecular flexibility index (Phi) is 10.2. The monoisotopic (exact) mass is 324 g/mol. The van der Waals surface area contributed by atoms with E-state index in [-0.39, 0.29) is 0 Å². The molecule has 0 bridgehead atoms. The molecule has 0 amide bonds. The number of fused-ring (bicyclic) bond motifs is 1. The molecule has 0 aromatic rings. The topological polar surface area (TPSA) is 0 Å². The molecule has 0 N–H and O–H groups in total. The molecule has 0 heteroatoms. The fourth-order valence-electron chi connectivity index (χ4n) is 3.38.